The maximum Gasteiger partial charge on any atom is 0.274 e. The zero-order valence-corrected chi connectivity index (χ0v) is 14.9. The number of rotatable bonds is 5. The second-order valence-electron chi connectivity index (χ2n) is 5.84. The second-order valence-corrected chi connectivity index (χ2v) is 6.27. The highest BCUT2D eigenvalue weighted by molar-refractivity contribution is 6.30. The number of hydrogen-bond acceptors (Lipinski definition) is 6. The lowest BCUT2D eigenvalue weighted by atomic mass is 10.3. The lowest BCUT2D eigenvalue weighted by Gasteiger charge is -2.15. The summed E-state index contributed by atoms with van der Waals surface area (Å²) in [6.45, 7) is 4.50. The van der Waals surface area contributed by atoms with Crippen molar-refractivity contribution in [3.8, 4) is 0 Å². The summed E-state index contributed by atoms with van der Waals surface area (Å²) in [5, 5.41) is 10.4. The van der Waals surface area contributed by atoms with E-state index in [1.807, 2.05) is 0 Å². The lowest BCUT2D eigenvalue weighted by molar-refractivity contribution is -0.111. The second kappa shape index (κ2) is 7.52. The van der Waals surface area contributed by atoms with Gasteiger partial charge < -0.3 is 15.5 Å². The fourth-order valence-corrected chi connectivity index (χ4v) is 2.76. The quantitative estimate of drug-likeness (QED) is 0.763. The fraction of sp³-hybridized carbons (Fsp3) is 0.312. The van der Waals surface area contributed by atoms with Gasteiger partial charge in [0.15, 0.2) is 5.69 Å². The molecule has 1 aliphatic heterocycles. The minimum atomic E-state index is -0.361. The summed E-state index contributed by atoms with van der Waals surface area (Å²) in [5.74, 6) is 0.351. The number of aryl methyl sites for hydroxylation is 1. The highest BCUT2D eigenvalue weighted by Crippen LogP contribution is 2.18. The smallest absolute Gasteiger partial charge is 0.274 e. The number of carbonyl (C=O) groups excluding carboxylic acids is 2. The molecule has 0 spiro atoms. The molecule has 2 N–H and O–H groups in total. The number of aromatic nitrogens is 4. The average Bonchev–Trinajstić information content (AvgIpc) is 3.23. The Labute approximate surface area is 155 Å². The molecule has 9 nitrogen and oxygen atoms in total. The highest BCUT2D eigenvalue weighted by Gasteiger charge is 2.29. The maximum atomic E-state index is 12.7. The van der Waals surface area contributed by atoms with Gasteiger partial charge in [-0.05, 0) is 12.5 Å². The molecule has 0 aromatic carbocycles. The van der Waals surface area contributed by atoms with E-state index in [9.17, 15) is 9.59 Å². The van der Waals surface area contributed by atoms with Crippen molar-refractivity contribution in [1.82, 2.24) is 24.6 Å². The van der Waals surface area contributed by atoms with Gasteiger partial charge in [0, 0.05) is 32.2 Å². The molecule has 3 heterocycles. The third-order valence-electron chi connectivity index (χ3n) is 3.96. The molecule has 136 valence electrons. The molecular weight excluding hydrogens is 358 g/mol. The van der Waals surface area contributed by atoms with Crippen molar-refractivity contribution in [3.05, 3.63) is 41.8 Å². The van der Waals surface area contributed by atoms with Gasteiger partial charge >= 0.3 is 0 Å². The van der Waals surface area contributed by atoms with Gasteiger partial charge in [0.25, 0.3) is 5.91 Å². The molecule has 2 amide bonds. The summed E-state index contributed by atoms with van der Waals surface area (Å²) in [5.41, 5.74) is 0.273. The van der Waals surface area contributed by atoms with E-state index in [2.05, 4.69) is 32.3 Å². The molecule has 1 unspecified atom stereocenters. The standard InChI is InChI=1S/C16H18ClN7O2/c1-3-14(25)21-13-6-12(22-23(13)2)15(26)24-5-4-11(9-24)20-16-18-7-10(17)8-19-16/h3,6-8,11H,1,4-5,9H2,2H3,(H,21,25)(H,18,19,20). The van der Waals surface area contributed by atoms with E-state index in [-0.39, 0.29) is 23.6 Å². The van der Waals surface area contributed by atoms with E-state index in [0.29, 0.717) is 29.9 Å². The molecule has 0 bridgehead atoms. The number of halogens is 1. The molecule has 1 saturated heterocycles. The number of nitrogens with zero attached hydrogens (tertiary/aromatic N) is 5. The van der Waals surface area contributed by atoms with Gasteiger partial charge in [0.2, 0.25) is 11.9 Å². The number of amides is 2. The number of hydrogen-bond donors (Lipinski definition) is 2. The van der Waals surface area contributed by atoms with Crippen LogP contribution in [-0.4, -0.2) is 55.6 Å². The number of nitrogens with one attached hydrogen (secondary N) is 2. The van der Waals surface area contributed by atoms with Crippen LogP contribution in [0.5, 0.6) is 0 Å². The van der Waals surface area contributed by atoms with Gasteiger partial charge in [-0.15, -0.1) is 0 Å². The Balaban J connectivity index is 1.62. The van der Waals surface area contributed by atoms with Gasteiger partial charge in [-0.1, -0.05) is 18.2 Å². The number of carbonyl (C=O) groups is 2. The molecule has 10 heteroatoms. The largest absolute Gasteiger partial charge is 0.350 e. The first-order valence-electron chi connectivity index (χ1n) is 7.97. The monoisotopic (exact) mass is 375 g/mol. The summed E-state index contributed by atoms with van der Waals surface area (Å²) in [6.07, 6.45) is 4.96. The predicted octanol–water partition coefficient (Wildman–Crippen LogP) is 1.31. The summed E-state index contributed by atoms with van der Waals surface area (Å²) in [4.78, 5) is 34.0. The molecule has 0 saturated carbocycles. The van der Waals surface area contributed by atoms with Crippen LogP contribution in [-0.2, 0) is 11.8 Å². The zero-order valence-electron chi connectivity index (χ0n) is 14.1. The minimum Gasteiger partial charge on any atom is -0.350 e. The molecular formula is C16H18ClN7O2. The van der Waals surface area contributed by atoms with Gasteiger partial charge in [0.1, 0.15) is 5.82 Å². The van der Waals surface area contributed by atoms with Crippen molar-refractivity contribution in [2.75, 3.05) is 23.7 Å². The van der Waals surface area contributed by atoms with Crippen LogP contribution in [0, 0.1) is 0 Å². The third-order valence-corrected chi connectivity index (χ3v) is 4.16. The minimum absolute atomic E-state index is 0.0452. The summed E-state index contributed by atoms with van der Waals surface area (Å²) >= 11 is 5.77. The first-order valence-corrected chi connectivity index (χ1v) is 8.35. The van der Waals surface area contributed by atoms with Crippen LogP contribution >= 0.6 is 11.6 Å². The van der Waals surface area contributed by atoms with Crippen LogP contribution in [0.25, 0.3) is 0 Å². The lowest BCUT2D eigenvalue weighted by Crippen LogP contribution is -2.32. The van der Waals surface area contributed by atoms with Crippen molar-refractivity contribution in [2.45, 2.75) is 12.5 Å². The van der Waals surface area contributed by atoms with Crippen LogP contribution in [0.4, 0.5) is 11.8 Å². The SMILES string of the molecule is C=CC(=O)Nc1cc(C(=O)N2CCC(Nc3ncc(Cl)cn3)C2)nn1C. The van der Waals surface area contributed by atoms with Crippen molar-refractivity contribution >= 4 is 35.2 Å². The summed E-state index contributed by atoms with van der Waals surface area (Å²) < 4.78 is 1.45. The third kappa shape index (κ3) is 3.99. The molecule has 2 aromatic heterocycles. The van der Waals surface area contributed by atoms with Crippen LogP contribution in [0.15, 0.2) is 31.1 Å². The van der Waals surface area contributed by atoms with Crippen molar-refractivity contribution < 1.29 is 9.59 Å². The molecule has 0 radical (unpaired) electrons. The van der Waals surface area contributed by atoms with E-state index in [0.717, 1.165) is 12.5 Å². The van der Waals surface area contributed by atoms with Crippen LogP contribution in [0.1, 0.15) is 16.9 Å². The fourth-order valence-electron chi connectivity index (χ4n) is 2.66. The van der Waals surface area contributed by atoms with E-state index >= 15 is 0 Å². The van der Waals surface area contributed by atoms with Crippen molar-refractivity contribution in [3.63, 3.8) is 0 Å². The first-order chi connectivity index (χ1) is 12.5. The Bertz CT molecular complexity index is 834. The Morgan fingerprint density at radius 3 is 2.81 bits per heavy atom. The van der Waals surface area contributed by atoms with Crippen LogP contribution in [0.2, 0.25) is 5.02 Å². The number of anilines is 2. The topological polar surface area (TPSA) is 105 Å². The summed E-state index contributed by atoms with van der Waals surface area (Å²) in [7, 11) is 1.65. The van der Waals surface area contributed by atoms with Crippen LogP contribution < -0.4 is 10.6 Å². The Morgan fingerprint density at radius 2 is 2.12 bits per heavy atom. The number of likely N-dealkylation sites (tertiary alicyclic amines) is 1. The molecule has 3 rings (SSSR count). The summed E-state index contributed by atoms with van der Waals surface area (Å²) in [6, 6.07) is 1.59. The van der Waals surface area contributed by atoms with E-state index in [1.165, 1.54) is 17.1 Å². The van der Waals surface area contributed by atoms with Gasteiger partial charge in [0.05, 0.1) is 17.4 Å². The van der Waals surface area contributed by atoms with Crippen molar-refractivity contribution in [1.29, 1.82) is 0 Å². The normalized spacial score (nSPS) is 16.4. The Hall–Kier alpha value is -2.94. The maximum absolute atomic E-state index is 12.7. The van der Waals surface area contributed by atoms with Gasteiger partial charge in [-0.3, -0.25) is 14.3 Å². The molecule has 1 atom stereocenters. The molecule has 26 heavy (non-hydrogen) atoms. The zero-order chi connectivity index (χ0) is 18.7. The van der Waals surface area contributed by atoms with E-state index in [4.69, 9.17) is 11.6 Å². The highest BCUT2D eigenvalue weighted by atomic mass is 35.5. The molecule has 2 aromatic rings. The molecule has 1 aliphatic rings. The van der Waals surface area contributed by atoms with E-state index in [1.54, 1.807) is 18.0 Å². The average molecular weight is 376 g/mol. The Kier molecular flexibility index (Phi) is 5.17. The van der Waals surface area contributed by atoms with Crippen LogP contribution in [0.3, 0.4) is 0 Å². The molecule has 0 aliphatic carbocycles. The van der Waals surface area contributed by atoms with Crippen molar-refractivity contribution in [2.24, 2.45) is 7.05 Å². The predicted molar refractivity (Wildman–Crippen MR) is 97.0 cm³/mol. The van der Waals surface area contributed by atoms with E-state index < -0.39 is 0 Å². The van der Waals surface area contributed by atoms with Gasteiger partial charge in [-0.2, -0.15) is 5.10 Å². The first kappa shape index (κ1) is 17.9. The Morgan fingerprint density at radius 1 is 1.38 bits per heavy atom. The van der Waals surface area contributed by atoms with Gasteiger partial charge in [-0.25, -0.2) is 9.97 Å². The molecule has 1 fully saturated rings.